The zero-order valence-corrected chi connectivity index (χ0v) is 23.7. The Hall–Kier alpha value is -2.04. The minimum Gasteiger partial charge on any atom is -0.370 e. The summed E-state index contributed by atoms with van der Waals surface area (Å²) in [7, 11) is -1.52. The lowest BCUT2D eigenvalue weighted by Gasteiger charge is -2.42. The van der Waals surface area contributed by atoms with Gasteiger partial charge in [-0.05, 0) is 69.8 Å². The Bertz CT molecular complexity index is 1220. The van der Waals surface area contributed by atoms with Crippen molar-refractivity contribution < 1.29 is 17.9 Å². The molecule has 0 bridgehead atoms. The largest absolute Gasteiger partial charge is 0.370 e. The fraction of sp³-hybridized carbons (Fsp3) is 0.621. The van der Waals surface area contributed by atoms with E-state index in [-0.39, 0.29) is 25.2 Å². The quantitative estimate of drug-likeness (QED) is 0.536. The van der Waals surface area contributed by atoms with Gasteiger partial charge in [-0.2, -0.15) is 4.31 Å². The van der Waals surface area contributed by atoms with Crippen LogP contribution in [0.15, 0.2) is 41.3 Å². The maximum atomic E-state index is 13.8. The van der Waals surface area contributed by atoms with Crippen molar-refractivity contribution in [1.29, 1.82) is 0 Å². The lowest BCUT2D eigenvalue weighted by atomic mass is 10.0. The second kappa shape index (κ2) is 12.0. The number of hydrogen-bond acceptors (Lipinski definition) is 6. The fourth-order valence-corrected chi connectivity index (χ4v) is 8.18. The van der Waals surface area contributed by atoms with Gasteiger partial charge in [0.1, 0.15) is 6.61 Å². The number of aryl methyl sites for hydroxylation is 1. The molecule has 38 heavy (non-hydrogen) atoms. The number of hydrogen-bond donors (Lipinski definition) is 0. The van der Waals surface area contributed by atoms with Crippen LogP contribution >= 0.6 is 0 Å². The number of ether oxygens (including phenoxy) is 1. The zero-order chi connectivity index (χ0) is 26.7. The first kappa shape index (κ1) is 27.5. The highest BCUT2D eigenvalue weighted by Gasteiger charge is 2.35. The first-order chi connectivity index (χ1) is 18.3. The van der Waals surface area contributed by atoms with Crippen molar-refractivity contribution in [3.63, 3.8) is 0 Å². The molecule has 0 aromatic heterocycles. The number of likely N-dealkylation sites (tertiary alicyclic amines) is 1. The summed E-state index contributed by atoms with van der Waals surface area (Å²) >= 11 is 0. The number of carbonyl (C=O) groups excluding carboxylic acids is 1. The number of rotatable bonds is 7. The molecule has 8 nitrogen and oxygen atoms in total. The van der Waals surface area contributed by atoms with Crippen molar-refractivity contribution >= 4 is 26.7 Å². The first-order valence-electron chi connectivity index (χ1n) is 14.1. The Morgan fingerprint density at radius 1 is 0.895 bits per heavy atom. The van der Waals surface area contributed by atoms with Crippen LogP contribution in [-0.4, -0.2) is 111 Å². The molecule has 3 aliphatic heterocycles. The summed E-state index contributed by atoms with van der Waals surface area (Å²) in [4.78, 5) is 20.1. The van der Waals surface area contributed by atoms with Crippen LogP contribution in [-0.2, 0) is 19.6 Å². The molecule has 1 amide bonds. The SMILES string of the molecule is Cc1ccc(S(=O)(=O)N2CCCCC2COCC(=O)N2CCN(C3CCN(C)CC3)CC2)c2ccccc12. The van der Waals surface area contributed by atoms with Gasteiger partial charge in [-0.15, -0.1) is 0 Å². The molecule has 2 aromatic rings. The Kier molecular flexibility index (Phi) is 8.69. The minimum absolute atomic E-state index is 0.00257. The van der Waals surface area contributed by atoms with Crippen molar-refractivity contribution in [3.8, 4) is 0 Å². The maximum absolute atomic E-state index is 13.8. The van der Waals surface area contributed by atoms with E-state index in [2.05, 4.69) is 16.8 Å². The average molecular weight is 543 g/mol. The van der Waals surface area contributed by atoms with Gasteiger partial charge in [0.25, 0.3) is 0 Å². The second-order valence-electron chi connectivity index (χ2n) is 11.2. The first-order valence-corrected chi connectivity index (χ1v) is 15.6. The van der Waals surface area contributed by atoms with Gasteiger partial charge in [0.2, 0.25) is 15.9 Å². The number of piperidine rings is 2. The van der Waals surface area contributed by atoms with E-state index in [1.54, 1.807) is 10.4 Å². The summed E-state index contributed by atoms with van der Waals surface area (Å²) in [5.41, 5.74) is 1.06. The van der Waals surface area contributed by atoms with E-state index in [4.69, 9.17) is 4.74 Å². The molecule has 0 saturated carbocycles. The van der Waals surface area contributed by atoms with Crippen LogP contribution in [0.1, 0.15) is 37.7 Å². The molecule has 3 aliphatic rings. The molecular weight excluding hydrogens is 500 g/mol. The molecule has 0 aliphatic carbocycles. The van der Waals surface area contributed by atoms with Gasteiger partial charge < -0.3 is 14.5 Å². The lowest BCUT2D eigenvalue weighted by molar-refractivity contribution is -0.138. The van der Waals surface area contributed by atoms with Crippen LogP contribution in [0.3, 0.4) is 0 Å². The van der Waals surface area contributed by atoms with Gasteiger partial charge in [0.15, 0.2) is 0 Å². The van der Waals surface area contributed by atoms with Crippen LogP contribution in [0, 0.1) is 6.92 Å². The number of sulfonamides is 1. The standard InChI is InChI=1S/C29H42N4O4S/c1-23-10-11-28(27-9-4-3-8-26(23)27)38(35,36)33-14-6-5-7-25(33)21-37-22-29(34)32-19-17-31(18-20-32)24-12-15-30(2)16-13-24/h3-4,8-11,24-25H,5-7,12-22H2,1-2H3. The summed E-state index contributed by atoms with van der Waals surface area (Å²) in [6, 6.07) is 11.7. The Morgan fingerprint density at radius 2 is 1.61 bits per heavy atom. The zero-order valence-electron chi connectivity index (χ0n) is 22.8. The van der Waals surface area contributed by atoms with Gasteiger partial charge in [-0.3, -0.25) is 9.69 Å². The molecule has 208 valence electrons. The third-order valence-corrected chi connectivity index (χ3v) is 10.7. The van der Waals surface area contributed by atoms with E-state index in [1.807, 2.05) is 42.2 Å². The Balaban J connectivity index is 1.16. The number of fused-ring (bicyclic) bond motifs is 1. The molecule has 3 heterocycles. The lowest BCUT2D eigenvalue weighted by Crippen LogP contribution is -2.54. The smallest absolute Gasteiger partial charge is 0.248 e. The van der Waals surface area contributed by atoms with Crippen LogP contribution in [0.5, 0.6) is 0 Å². The van der Waals surface area contributed by atoms with E-state index < -0.39 is 10.0 Å². The third kappa shape index (κ3) is 5.92. The summed E-state index contributed by atoms with van der Waals surface area (Å²) in [6.45, 7) is 8.32. The van der Waals surface area contributed by atoms with E-state index in [0.717, 1.165) is 74.9 Å². The maximum Gasteiger partial charge on any atom is 0.248 e. The van der Waals surface area contributed by atoms with E-state index in [9.17, 15) is 13.2 Å². The highest BCUT2D eigenvalue weighted by Crippen LogP contribution is 2.31. The summed E-state index contributed by atoms with van der Waals surface area (Å²) < 4.78 is 35.2. The van der Waals surface area contributed by atoms with Gasteiger partial charge in [-0.1, -0.05) is 36.8 Å². The van der Waals surface area contributed by atoms with E-state index in [0.29, 0.717) is 17.5 Å². The predicted octanol–water partition coefficient (Wildman–Crippen LogP) is 2.95. The summed E-state index contributed by atoms with van der Waals surface area (Å²) in [5.74, 6) is 0.00257. The molecule has 0 N–H and O–H groups in total. The van der Waals surface area contributed by atoms with Gasteiger partial charge in [0.05, 0.1) is 11.5 Å². The molecule has 9 heteroatoms. The summed E-state index contributed by atoms with van der Waals surface area (Å²) in [5, 5.41) is 1.72. The monoisotopic (exact) mass is 542 g/mol. The number of nitrogens with zero attached hydrogens (tertiary/aromatic N) is 4. The molecule has 1 atom stereocenters. The molecule has 2 aromatic carbocycles. The molecule has 3 fully saturated rings. The second-order valence-corrected chi connectivity index (χ2v) is 13.0. The number of amides is 1. The predicted molar refractivity (Wildman–Crippen MR) is 150 cm³/mol. The van der Waals surface area contributed by atoms with Crippen molar-refractivity contribution in [3.05, 3.63) is 42.0 Å². The van der Waals surface area contributed by atoms with Crippen molar-refractivity contribution in [2.45, 2.75) is 56.0 Å². The van der Waals surface area contributed by atoms with Crippen molar-refractivity contribution in [2.75, 3.05) is 66.1 Å². The highest BCUT2D eigenvalue weighted by atomic mass is 32.2. The molecule has 0 radical (unpaired) electrons. The number of benzene rings is 2. The van der Waals surface area contributed by atoms with Gasteiger partial charge >= 0.3 is 0 Å². The Labute approximate surface area is 227 Å². The van der Waals surface area contributed by atoms with E-state index >= 15 is 0 Å². The molecule has 0 spiro atoms. The normalized spacial score (nSPS) is 23.2. The summed E-state index contributed by atoms with van der Waals surface area (Å²) in [6.07, 6.45) is 4.94. The van der Waals surface area contributed by atoms with Crippen molar-refractivity contribution in [2.24, 2.45) is 0 Å². The Morgan fingerprint density at radius 3 is 2.34 bits per heavy atom. The number of piperazine rings is 1. The molecule has 1 unspecified atom stereocenters. The molecule has 3 saturated heterocycles. The third-order valence-electron chi connectivity index (χ3n) is 8.67. The molecular formula is C29H42N4O4S. The highest BCUT2D eigenvalue weighted by molar-refractivity contribution is 7.89. The van der Waals surface area contributed by atoms with Crippen LogP contribution in [0.4, 0.5) is 0 Å². The van der Waals surface area contributed by atoms with Crippen molar-refractivity contribution in [1.82, 2.24) is 19.0 Å². The minimum atomic E-state index is -3.70. The van der Waals surface area contributed by atoms with Gasteiger partial charge in [0, 0.05) is 50.2 Å². The van der Waals surface area contributed by atoms with E-state index in [1.165, 1.54) is 12.8 Å². The topological polar surface area (TPSA) is 73.4 Å². The number of carbonyl (C=O) groups is 1. The molecule has 5 rings (SSSR count). The average Bonchev–Trinajstić information content (AvgIpc) is 2.94. The van der Waals surface area contributed by atoms with Crippen LogP contribution in [0.25, 0.3) is 10.8 Å². The van der Waals surface area contributed by atoms with Crippen LogP contribution in [0.2, 0.25) is 0 Å². The fourth-order valence-electron chi connectivity index (χ4n) is 6.30. The van der Waals surface area contributed by atoms with Crippen LogP contribution < -0.4 is 0 Å². The van der Waals surface area contributed by atoms with Gasteiger partial charge in [-0.25, -0.2) is 8.42 Å².